The third kappa shape index (κ3) is 3.91. The highest BCUT2D eigenvalue weighted by atomic mass is 19.1. The van der Waals surface area contributed by atoms with Crippen LogP contribution in [0, 0.1) is 11.7 Å². The number of hydrogen-bond acceptors (Lipinski definition) is 4. The van der Waals surface area contributed by atoms with Crippen LogP contribution in [0.15, 0.2) is 54.6 Å². The maximum Gasteiger partial charge on any atom is 0.291 e. The number of benzene rings is 2. The summed E-state index contributed by atoms with van der Waals surface area (Å²) in [5.41, 5.74) is 0.536. The van der Waals surface area contributed by atoms with Crippen molar-refractivity contribution in [2.75, 3.05) is 39.4 Å². The standard InChI is InChI=1S/C23H23FN2O4/c24-18-9-5-4-8-17(18)20-19(21(27)16-6-2-1-3-7-16)22(28)23(29)26(20)11-10-25-12-14-30-15-13-25/h1-9,19-20H,10-15H2/p+1. The van der Waals surface area contributed by atoms with Crippen molar-refractivity contribution >= 4 is 17.5 Å². The maximum atomic E-state index is 14.7. The number of ketones is 2. The first-order chi connectivity index (χ1) is 14.6. The van der Waals surface area contributed by atoms with Crippen molar-refractivity contribution in [2.24, 2.45) is 5.92 Å². The Hall–Kier alpha value is -2.90. The zero-order chi connectivity index (χ0) is 21.1. The smallest absolute Gasteiger partial charge is 0.291 e. The molecule has 7 heteroatoms. The van der Waals surface area contributed by atoms with Gasteiger partial charge in [0.15, 0.2) is 5.78 Å². The molecule has 0 aliphatic carbocycles. The van der Waals surface area contributed by atoms with Gasteiger partial charge in [-0.3, -0.25) is 14.4 Å². The summed E-state index contributed by atoms with van der Waals surface area (Å²) in [6.07, 6.45) is 0. The average molecular weight is 411 g/mol. The second kappa shape index (κ2) is 8.85. The van der Waals surface area contributed by atoms with Gasteiger partial charge in [-0.25, -0.2) is 4.39 Å². The highest BCUT2D eigenvalue weighted by Crippen LogP contribution is 2.38. The Kier molecular flexibility index (Phi) is 6.01. The molecule has 1 amide bonds. The van der Waals surface area contributed by atoms with Crippen molar-refractivity contribution in [3.05, 3.63) is 71.5 Å². The third-order valence-corrected chi connectivity index (χ3v) is 5.88. The molecule has 0 saturated carbocycles. The number of morpholine rings is 1. The first kappa shape index (κ1) is 20.4. The molecule has 0 radical (unpaired) electrons. The number of nitrogens with one attached hydrogen (secondary N) is 1. The Balaban J connectivity index is 1.67. The Morgan fingerprint density at radius 2 is 1.70 bits per heavy atom. The number of hydrogen-bond donors (Lipinski definition) is 1. The number of likely N-dealkylation sites (tertiary alicyclic amines) is 1. The van der Waals surface area contributed by atoms with Gasteiger partial charge in [-0.05, 0) is 6.07 Å². The zero-order valence-corrected chi connectivity index (χ0v) is 16.6. The van der Waals surface area contributed by atoms with Gasteiger partial charge >= 0.3 is 0 Å². The lowest BCUT2D eigenvalue weighted by Gasteiger charge is -2.30. The van der Waals surface area contributed by atoms with Crippen molar-refractivity contribution in [2.45, 2.75) is 6.04 Å². The highest BCUT2D eigenvalue weighted by molar-refractivity contribution is 6.44. The van der Waals surface area contributed by atoms with Gasteiger partial charge in [0.05, 0.1) is 32.3 Å². The topological polar surface area (TPSA) is 68.1 Å². The van der Waals surface area contributed by atoms with Crippen LogP contribution in [0.1, 0.15) is 22.0 Å². The second-order valence-electron chi connectivity index (χ2n) is 7.65. The van der Waals surface area contributed by atoms with Crippen molar-refractivity contribution in [3.63, 3.8) is 0 Å². The number of rotatable bonds is 6. The molecule has 1 N–H and O–H groups in total. The van der Waals surface area contributed by atoms with Crippen LogP contribution in [-0.2, 0) is 14.3 Å². The maximum absolute atomic E-state index is 14.7. The summed E-state index contributed by atoms with van der Waals surface area (Å²) in [6, 6.07) is 13.5. The van der Waals surface area contributed by atoms with E-state index in [1.807, 2.05) is 0 Å². The SMILES string of the molecule is O=C1C(=O)N(CC[NH+]2CCOCC2)C(c2ccccc2F)C1C(=O)c1ccccc1. The van der Waals surface area contributed by atoms with Gasteiger partial charge in [0.2, 0.25) is 5.78 Å². The van der Waals surface area contributed by atoms with Crippen LogP contribution in [0.3, 0.4) is 0 Å². The molecule has 2 aromatic carbocycles. The first-order valence-corrected chi connectivity index (χ1v) is 10.2. The van der Waals surface area contributed by atoms with Crippen LogP contribution < -0.4 is 4.90 Å². The molecule has 4 rings (SSSR count). The average Bonchev–Trinajstić information content (AvgIpc) is 3.03. The number of halogens is 1. The van der Waals surface area contributed by atoms with Crippen molar-refractivity contribution in [1.29, 1.82) is 0 Å². The highest BCUT2D eigenvalue weighted by Gasteiger charge is 2.52. The Morgan fingerprint density at radius 1 is 1.03 bits per heavy atom. The van der Waals surface area contributed by atoms with E-state index >= 15 is 0 Å². The monoisotopic (exact) mass is 411 g/mol. The Labute approximate surface area is 174 Å². The fourth-order valence-electron chi connectivity index (χ4n) is 4.26. The largest absolute Gasteiger partial charge is 0.370 e. The fourth-order valence-corrected chi connectivity index (χ4v) is 4.26. The van der Waals surface area contributed by atoms with Crippen LogP contribution in [0.25, 0.3) is 0 Å². The summed E-state index contributed by atoms with van der Waals surface area (Å²) < 4.78 is 20.1. The van der Waals surface area contributed by atoms with Gasteiger partial charge in [0.1, 0.15) is 24.8 Å². The number of amides is 1. The van der Waals surface area contributed by atoms with E-state index in [9.17, 15) is 18.8 Å². The molecule has 30 heavy (non-hydrogen) atoms. The summed E-state index contributed by atoms with van der Waals surface area (Å²) >= 11 is 0. The van der Waals surface area contributed by atoms with Gasteiger partial charge < -0.3 is 14.5 Å². The molecule has 2 aliphatic heterocycles. The van der Waals surface area contributed by atoms with Crippen LogP contribution in [-0.4, -0.2) is 61.8 Å². The normalized spacial score (nSPS) is 22.5. The number of carbonyl (C=O) groups is 3. The van der Waals surface area contributed by atoms with Gasteiger partial charge in [-0.2, -0.15) is 0 Å². The molecule has 2 atom stereocenters. The van der Waals surface area contributed by atoms with E-state index in [-0.39, 0.29) is 12.1 Å². The van der Waals surface area contributed by atoms with E-state index in [2.05, 4.69) is 0 Å². The summed E-state index contributed by atoms with van der Waals surface area (Å²) in [5, 5.41) is 0. The summed E-state index contributed by atoms with van der Waals surface area (Å²) in [4.78, 5) is 41.6. The van der Waals surface area contributed by atoms with E-state index in [1.165, 1.54) is 15.9 Å². The van der Waals surface area contributed by atoms with Crippen molar-refractivity contribution < 1.29 is 28.4 Å². The van der Waals surface area contributed by atoms with Crippen LogP contribution in [0.4, 0.5) is 4.39 Å². The van der Waals surface area contributed by atoms with Crippen molar-refractivity contribution in [3.8, 4) is 0 Å². The van der Waals surface area contributed by atoms with Gasteiger partial charge in [0, 0.05) is 11.1 Å². The molecule has 2 aromatic rings. The van der Waals surface area contributed by atoms with E-state index in [4.69, 9.17) is 4.74 Å². The van der Waals surface area contributed by atoms with E-state index < -0.39 is 35.3 Å². The first-order valence-electron chi connectivity index (χ1n) is 10.2. The Bertz CT molecular complexity index is 943. The van der Waals surface area contributed by atoms with Crippen LogP contribution in [0.5, 0.6) is 0 Å². The van der Waals surface area contributed by atoms with Gasteiger partial charge in [-0.15, -0.1) is 0 Å². The lowest BCUT2D eigenvalue weighted by Crippen LogP contribution is -3.14. The Morgan fingerprint density at radius 3 is 2.40 bits per heavy atom. The molecule has 0 bridgehead atoms. The van der Waals surface area contributed by atoms with E-state index in [1.54, 1.807) is 48.5 Å². The van der Waals surface area contributed by atoms with Gasteiger partial charge in [-0.1, -0.05) is 48.5 Å². The lowest BCUT2D eigenvalue weighted by molar-refractivity contribution is -0.907. The third-order valence-electron chi connectivity index (χ3n) is 5.88. The second-order valence-corrected chi connectivity index (χ2v) is 7.65. The number of carbonyl (C=O) groups excluding carboxylic acids is 3. The van der Waals surface area contributed by atoms with Crippen LogP contribution >= 0.6 is 0 Å². The molecular weight excluding hydrogens is 387 g/mol. The molecular formula is C23H24FN2O4+. The molecule has 2 aliphatic rings. The predicted molar refractivity (Wildman–Crippen MR) is 107 cm³/mol. The van der Waals surface area contributed by atoms with E-state index in [0.717, 1.165) is 13.1 Å². The number of quaternary nitrogens is 1. The number of ether oxygens (including phenoxy) is 1. The minimum atomic E-state index is -1.25. The van der Waals surface area contributed by atoms with Crippen molar-refractivity contribution in [1.82, 2.24) is 4.90 Å². The minimum Gasteiger partial charge on any atom is -0.370 e. The predicted octanol–water partition coefficient (Wildman–Crippen LogP) is 0.692. The summed E-state index contributed by atoms with van der Waals surface area (Å²) in [6.45, 7) is 3.80. The lowest BCUT2D eigenvalue weighted by atomic mass is 9.86. The molecule has 2 fully saturated rings. The van der Waals surface area contributed by atoms with E-state index in [0.29, 0.717) is 25.3 Å². The molecule has 0 spiro atoms. The molecule has 6 nitrogen and oxygen atoms in total. The molecule has 2 unspecified atom stereocenters. The van der Waals surface area contributed by atoms with Crippen LogP contribution in [0.2, 0.25) is 0 Å². The molecule has 0 aromatic heterocycles. The van der Waals surface area contributed by atoms with Gasteiger partial charge in [0.25, 0.3) is 5.91 Å². The summed E-state index contributed by atoms with van der Waals surface area (Å²) in [7, 11) is 0. The molecule has 2 heterocycles. The number of nitrogens with zero attached hydrogens (tertiary/aromatic N) is 1. The zero-order valence-electron chi connectivity index (χ0n) is 16.6. The number of Topliss-reactive ketones (excluding diaryl/α,β-unsaturated/α-hetero) is 2. The minimum absolute atomic E-state index is 0.197. The quantitative estimate of drug-likeness (QED) is 0.432. The molecule has 2 saturated heterocycles. The molecule has 156 valence electrons. The fraction of sp³-hybridized carbons (Fsp3) is 0.348. The summed E-state index contributed by atoms with van der Waals surface area (Å²) in [5.74, 6) is -3.72.